The van der Waals surface area contributed by atoms with E-state index in [0.717, 1.165) is 17.6 Å². The van der Waals surface area contributed by atoms with E-state index in [-0.39, 0.29) is 6.10 Å². The highest BCUT2D eigenvalue weighted by molar-refractivity contribution is 5.29. The maximum absolute atomic E-state index is 5.69. The number of hydrogen-bond acceptors (Lipinski definition) is 2. The summed E-state index contributed by atoms with van der Waals surface area (Å²) in [6, 6.07) is 9.58. The van der Waals surface area contributed by atoms with Gasteiger partial charge < -0.3 is 10.1 Å². The SMILES string of the molecule is CC(C)Oc1ccc(C(C)NC2CC3CC=CC32)cc1. The molecule has 0 radical (unpaired) electrons. The molecule has 1 N–H and O–H groups in total. The summed E-state index contributed by atoms with van der Waals surface area (Å²) >= 11 is 0. The molecule has 0 saturated heterocycles. The highest BCUT2D eigenvalue weighted by Gasteiger charge is 2.41. The number of rotatable bonds is 5. The van der Waals surface area contributed by atoms with Gasteiger partial charge in [-0.3, -0.25) is 0 Å². The maximum Gasteiger partial charge on any atom is 0.119 e. The molecule has 2 nitrogen and oxygen atoms in total. The topological polar surface area (TPSA) is 21.3 Å². The molecule has 1 aromatic rings. The molecule has 1 aromatic carbocycles. The zero-order valence-corrected chi connectivity index (χ0v) is 12.7. The molecule has 0 amide bonds. The van der Waals surface area contributed by atoms with Crippen LogP contribution >= 0.6 is 0 Å². The van der Waals surface area contributed by atoms with Gasteiger partial charge in [0.05, 0.1) is 6.10 Å². The van der Waals surface area contributed by atoms with Crippen LogP contribution < -0.4 is 10.1 Å². The van der Waals surface area contributed by atoms with Gasteiger partial charge in [0, 0.05) is 12.1 Å². The molecule has 0 aromatic heterocycles. The van der Waals surface area contributed by atoms with Gasteiger partial charge in [0.15, 0.2) is 0 Å². The summed E-state index contributed by atoms with van der Waals surface area (Å²) in [6.45, 7) is 6.37. The first kappa shape index (κ1) is 13.7. The lowest BCUT2D eigenvalue weighted by Gasteiger charge is -2.42. The Kier molecular flexibility index (Phi) is 3.84. The lowest BCUT2D eigenvalue weighted by atomic mass is 9.71. The van der Waals surface area contributed by atoms with Gasteiger partial charge in [-0.05, 0) is 63.1 Å². The molecule has 0 heterocycles. The van der Waals surface area contributed by atoms with Gasteiger partial charge in [-0.25, -0.2) is 0 Å². The van der Waals surface area contributed by atoms with E-state index in [1.165, 1.54) is 18.4 Å². The van der Waals surface area contributed by atoms with E-state index in [1.807, 2.05) is 0 Å². The number of ether oxygens (including phenoxy) is 1. The van der Waals surface area contributed by atoms with Crippen molar-refractivity contribution in [2.24, 2.45) is 11.8 Å². The zero-order valence-electron chi connectivity index (χ0n) is 12.7. The second-order valence-corrected chi connectivity index (χ2v) is 6.47. The molecule has 4 atom stereocenters. The molecule has 20 heavy (non-hydrogen) atoms. The minimum Gasteiger partial charge on any atom is -0.491 e. The van der Waals surface area contributed by atoms with E-state index in [4.69, 9.17) is 4.74 Å². The summed E-state index contributed by atoms with van der Waals surface area (Å²) in [5, 5.41) is 3.77. The van der Waals surface area contributed by atoms with E-state index in [2.05, 4.69) is 62.5 Å². The van der Waals surface area contributed by atoms with Crippen molar-refractivity contribution in [3.8, 4) is 5.75 Å². The average molecular weight is 271 g/mol. The van der Waals surface area contributed by atoms with Gasteiger partial charge in [0.25, 0.3) is 0 Å². The molecule has 1 saturated carbocycles. The van der Waals surface area contributed by atoms with Crippen LogP contribution in [0, 0.1) is 11.8 Å². The van der Waals surface area contributed by atoms with Crippen LogP contribution in [0.2, 0.25) is 0 Å². The third-order valence-electron chi connectivity index (χ3n) is 4.58. The summed E-state index contributed by atoms with van der Waals surface area (Å²) in [5.41, 5.74) is 1.34. The van der Waals surface area contributed by atoms with E-state index in [9.17, 15) is 0 Å². The van der Waals surface area contributed by atoms with Crippen LogP contribution in [0.5, 0.6) is 5.75 Å². The average Bonchev–Trinajstić information content (AvgIpc) is 2.77. The number of hydrogen-bond donors (Lipinski definition) is 1. The smallest absolute Gasteiger partial charge is 0.119 e. The summed E-state index contributed by atoms with van der Waals surface area (Å²) in [7, 11) is 0. The molecule has 0 spiro atoms. The van der Waals surface area contributed by atoms with Crippen LogP contribution in [0.25, 0.3) is 0 Å². The summed E-state index contributed by atoms with van der Waals surface area (Å²) in [4.78, 5) is 0. The van der Waals surface area contributed by atoms with Crippen molar-refractivity contribution in [2.75, 3.05) is 0 Å². The van der Waals surface area contributed by atoms with Gasteiger partial charge in [0.2, 0.25) is 0 Å². The first-order chi connectivity index (χ1) is 9.63. The molecule has 2 aliphatic rings. The fraction of sp³-hybridized carbons (Fsp3) is 0.556. The fourth-order valence-corrected chi connectivity index (χ4v) is 3.43. The summed E-state index contributed by atoms with van der Waals surface area (Å²) < 4.78 is 5.69. The van der Waals surface area contributed by atoms with Gasteiger partial charge in [0.1, 0.15) is 5.75 Å². The minimum absolute atomic E-state index is 0.234. The molecule has 4 unspecified atom stereocenters. The van der Waals surface area contributed by atoms with Crippen LogP contribution in [-0.2, 0) is 0 Å². The van der Waals surface area contributed by atoms with E-state index < -0.39 is 0 Å². The Morgan fingerprint density at radius 2 is 1.90 bits per heavy atom. The van der Waals surface area contributed by atoms with E-state index >= 15 is 0 Å². The summed E-state index contributed by atoms with van der Waals surface area (Å²) in [5.74, 6) is 2.65. The molecule has 2 aliphatic carbocycles. The Bertz CT molecular complexity index is 477. The molecule has 2 heteroatoms. The number of nitrogens with one attached hydrogen (secondary N) is 1. The van der Waals surface area contributed by atoms with Crippen molar-refractivity contribution < 1.29 is 4.74 Å². The minimum atomic E-state index is 0.234. The third kappa shape index (κ3) is 2.76. The van der Waals surface area contributed by atoms with Crippen LogP contribution in [0.15, 0.2) is 36.4 Å². The largest absolute Gasteiger partial charge is 0.491 e. The monoisotopic (exact) mass is 271 g/mol. The molecular formula is C18H25NO. The second-order valence-electron chi connectivity index (χ2n) is 6.47. The quantitative estimate of drug-likeness (QED) is 0.814. The number of allylic oxidation sites excluding steroid dienone is 1. The third-order valence-corrected chi connectivity index (χ3v) is 4.58. The van der Waals surface area contributed by atoms with Crippen molar-refractivity contribution in [1.82, 2.24) is 5.32 Å². The first-order valence-corrected chi connectivity index (χ1v) is 7.83. The predicted molar refractivity (Wildman–Crippen MR) is 82.9 cm³/mol. The van der Waals surface area contributed by atoms with Crippen molar-refractivity contribution in [3.63, 3.8) is 0 Å². The fourth-order valence-electron chi connectivity index (χ4n) is 3.43. The first-order valence-electron chi connectivity index (χ1n) is 7.83. The molecule has 0 bridgehead atoms. The molecule has 108 valence electrons. The predicted octanol–water partition coefficient (Wildman–Crippen LogP) is 4.09. The van der Waals surface area contributed by atoms with Crippen molar-refractivity contribution in [3.05, 3.63) is 42.0 Å². The van der Waals surface area contributed by atoms with Crippen LogP contribution in [0.3, 0.4) is 0 Å². The Hall–Kier alpha value is -1.28. The van der Waals surface area contributed by atoms with Crippen LogP contribution in [-0.4, -0.2) is 12.1 Å². The zero-order chi connectivity index (χ0) is 14.1. The van der Waals surface area contributed by atoms with E-state index in [0.29, 0.717) is 12.1 Å². The highest BCUT2D eigenvalue weighted by atomic mass is 16.5. The van der Waals surface area contributed by atoms with Gasteiger partial charge in [-0.15, -0.1) is 0 Å². The van der Waals surface area contributed by atoms with Crippen LogP contribution in [0.4, 0.5) is 0 Å². The lowest BCUT2D eigenvalue weighted by molar-refractivity contribution is 0.152. The van der Waals surface area contributed by atoms with Crippen molar-refractivity contribution >= 4 is 0 Å². The Morgan fingerprint density at radius 1 is 1.15 bits per heavy atom. The van der Waals surface area contributed by atoms with Gasteiger partial charge in [-0.2, -0.15) is 0 Å². The Morgan fingerprint density at radius 3 is 2.55 bits per heavy atom. The lowest BCUT2D eigenvalue weighted by Crippen LogP contribution is -2.48. The standard InChI is InChI=1S/C18H25NO/c1-12(2)20-16-9-7-14(8-10-16)13(3)19-18-11-15-5-4-6-17(15)18/h4,6-10,12-13,15,17-19H,5,11H2,1-3H3. The number of benzene rings is 1. The van der Waals surface area contributed by atoms with Crippen molar-refractivity contribution in [2.45, 2.75) is 51.8 Å². The van der Waals surface area contributed by atoms with E-state index in [1.54, 1.807) is 0 Å². The molecule has 3 rings (SSSR count). The van der Waals surface area contributed by atoms with Gasteiger partial charge >= 0.3 is 0 Å². The Labute approximate surface area is 122 Å². The van der Waals surface area contributed by atoms with Crippen LogP contribution in [0.1, 0.15) is 45.2 Å². The maximum atomic E-state index is 5.69. The second kappa shape index (κ2) is 5.61. The highest BCUT2D eigenvalue weighted by Crippen LogP contribution is 2.43. The molecule has 1 fully saturated rings. The molecular weight excluding hydrogens is 246 g/mol. The number of fused-ring (bicyclic) bond motifs is 1. The molecule has 0 aliphatic heterocycles. The van der Waals surface area contributed by atoms with Crippen molar-refractivity contribution in [1.29, 1.82) is 0 Å². The summed E-state index contributed by atoms with van der Waals surface area (Å²) in [6.07, 6.45) is 7.60. The Balaban J connectivity index is 1.57. The van der Waals surface area contributed by atoms with Gasteiger partial charge in [-0.1, -0.05) is 24.3 Å². The normalized spacial score (nSPS) is 29.1.